The van der Waals surface area contributed by atoms with E-state index in [-0.39, 0.29) is 0 Å². The van der Waals surface area contributed by atoms with E-state index in [2.05, 4.69) is 6.92 Å². The van der Waals surface area contributed by atoms with E-state index in [1.807, 2.05) is 0 Å². The van der Waals surface area contributed by atoms with Gasteiger partial charge in [-0.2, -0.15) is 0 Å². The lowest BCUT2D eigenvalue weighted by molar-refractivity contribution is -0.107. The number of unbranched alkanes of at least 4 members (excludes halogenated alkanes) is 1. The highest BCUT2D eigenvalue weighted by Gasteiger charge is 1.97. The average molecular weight is 149 g/mol. The second kappa shape index (κ2) is 6.09. The zero-order valence-electron chi connectivity index (χ0n) is 5.77. The van der Waals surface area contributed by atoms with Gasteiger partial charge in [0.05, 0.1) is 0 Å². The Kier molecular flexibility index (Phi) is 6.06. The zero-order valence-corrected chi connectivity index (χ0v) is 6.53. The molecule has 1 nitrogen and oxygen atoms in total. The number of rotatable bonds is 5. The summed E-state index contributed by atoms with van der Waals surface area (Å²) in [5.41, 5.74) is 0. The maximum absolute atomic E-state index is 9.84. The maximum atomic E-state index is 9.84. The van der Waals surface area contributed by atoms with Crippen molar-refractivity contribution in [1.82, 2.24) is 0 Å². The highest BCUT2D eigenvalue weighted by atomic mass is 35.5. The third kappa shape index (κ3) is 5.84. The standard InChI is InChI=1S/C7H13ClO/c1-7(6-8)4-2-3-5-9/h5,7H,2-4,6H2,1H3. The molecule has 1 atom stereocenters. The lowest BCUT2D eigenvalue weighted by Gasteiger charge is -2.02. The molecule has 54 valence electrons. The molecular weight excluding hydrogens is 136 g/mol. The van der Waals surface area contributed by atoms with Crippen molar-refractivity contribution in [2.45, 2.75) is 26.2 Å². The summed E-state index contributed by atoms with van der Waals surface area (Å²) in [6.45, 7) is 2.10. The molecule has 0 aromatic carbocycles. The number of aldehydes is 1. The van der Waals surface area contributed by atoms with Gasteiger partial charge in [0.1, 0.15) is 6.29 Å². The minimum atomic E-state index is 0.562. The molecule has 0 aliphatic heterocycles. The first kappa shape index (κ1) is 8.96. The normalized spacial score (nSPS) is 13.1. The Morgan fingerprint density at radius 2 is 2.33 bits per heavy atom. The molecule has 0 radical (unpaired) electrons. The van der Waals surface area contributed by atoms with E-state index in [1.165, 1.54) is 0 Å². The Morgan fingerprint density at radius 1 is 1.67 bits per heavy atom. The van der Waals surface area contributed by atoms with E-state index < -0.39 is 0 Å². The van der Waals surface area contributed by atoms with Crippen LogP contribution < -0.4 is 0 Å². The number of halogens is 1. The predicted octanol–water partition coefficient (Wildman–Crippen LogP) is 2.23. The SMILES string of the molecule is CC(CCl)CCCC=O. The molecule has 9 heavy (non-hydrogen) atoms. The van der Waals surface area contributed by atoms with E-state index >= 15 is 0 Å². The van der Waals surface area contributed by atoms with E-state index in [1.54, 1.807) is 0 Å². The number of carbonyl (C=O) groups is 1. The van der Waals surface area contributed by atoms with Crippen LogP contribution in [0.25, 0.3) is 0 Å². The molecule has 0 rings (SSSR count). The van der Waals surface area contributed by atoms with Crippen molar-refractivity contribution in [3.8, 4) is 0 Å². The fourth-order valence-electron chi connectivity index (χ4n) is 0.627. The van der Waals surface area contributed by atoms with Crippen LogP contribution in [-0.2, 0) is 4.79 Å². The molecule has 0 N–H and O–H groups in total. The summed E-state index contributed by atoms with van der Waals surface area (Å²) in [6.07, 6.45) is 3.70. The van der Waals surface area contributed by atoms with Crippen LogP contribution in [0.5, 0.6) is 0 Å². The van der Waals surface area contributed by atoms with Crippen molar-refractivity contribution in [2.75, 3.05) is 5.88 Å². The van der Waals surface area contributed by atoms with Crippen LogP contribution >= 0.6 is 11.6 Å². The molecule has 0 aromatic heterocycles. The topological polar surface area (TPSA) is 17.1 Å². The zero-order chi connectivity index (χ0) is 7.11. The maximum Gasteiger partial charge on any atom is 0.119 e. The van der Waals surface area contributed by atoms with Crippen molar-refractivity contribution in [3.63, 3.8) is 0 Å². The molecule has 0 bridgehead atoms. The highest BCUT2D eigenvalue weighted by molar-refractivity contribution is 6.18. The Labute approximate surface area is 61.4 Å². The van der Waals surface area contributed by atoms with Crippen LogP contribution in [-0.4, -0.2) is 12.2 Å². The molecule has 0 amide bonds. The van der Waals surface area contributed by atoms with Crippen LogP contribution in [0.3, 0.4) is 0 Å². The number of hydrogen-bond donors (Lipinski definition) is 0. The minimum absolute atomic E-state index is 0.562. The number of alkyl halides is 1. The third-order valence-corrected chi connectivity index (χ3v) is 1.81. The Morgan fingerprint density at radius 3 is 2.78 bits per heavy atom. The van der Waals surface area contributed by atoms with Gasteiger partial charge in [-0.05, 0) is 18.8 Å². The monoisotopic (exact) mass is 148 g/mol. The van der Waals surface area contributed by atoms with Crippen molar-refractivity contribution >= 4 is 17.9 Å². The fraction of sp³-hybridized carbons (Fsp3) is 0.857. The smallest absolute Gasteiger partial charge is 0.119 e. The summed E-state index contributed by atoms with van der Waals surface area (Å²) >= 11 is 5.54. The Bertz CT molecular complexity index is 73.3. The summed E-state index contributed by atoms with van der Waals surface area (Å²) in [5.74, 6) is 1.27. The first-order chi connectivity index (χ1) is 4.31. The largest absolute Gasteiger partial charge is 0.303 e. The first-order valence-corrected chi connectivity index (χ1v) is 3.84. The molecule has 0 aromatic rings. The van der Waals surface area contributed by atoms with Gasteiger partial charge in [0.15, 0.2) is 0 Å². The molecule has 0 aliphatic rings. The lowest BCUT2D eigenvalue weighted by atomic mass is 10.1. The summed E-state index contributed by atoms with van der Waals surface area (Å²) in [5, 5.41) is 0. The summed E-state index contributed by atoms with van der Waals surface area (Å²) in [6, 6.07) is 0. The van der Waals surface area contributed by atoms with Gasteiger partial charge >= 0.3 is 0 Å². The first-order valence-electron chi connectivity index (χ1n) is 3.31. The lowest BCUT2D eigenvalue weighted by Crippen LogP contribution is -1.95. The van der Waals surface area contributed by atoms with Gasteiger partial charge in [-0.1, -0.05) is 6.92 Å². The van der Waals surface area contributed by atoms with Crippen molar-refractivity contribution in [3.05, 3.63) is 0 Å². The molecule has 0 saturated heterocycles. The van der Waals surface area contributed by atoms with Gasteiger partial charge in [0.2, 0.25) is 0 Å². The van der Waals surface area contributed by atoms with Crippen LogP contribution in [0.4, 0.5) is 0 Å². The van der Waals surface area contributed by atoms with Crippen LogP contribution in [0.1, 0.15) is 26.2 Å². The second-order valence-corrected chi connectivity index (χ2v) is 2.67. The quantitative estimate of drug-likeness (QED) is 0.332. The van der Waals surface area contributed by atoms with Gasteiger partial charge in [0.25, 0.3) is 0 Å². The van der Waals surface area contributed by atoms with Crippen molar-refractivity contribution in [1.29, 1.82) is 0 Å². The Balaban J connectivity index is 2.96. The van der Waals surface area contributed by atoms with Gasteiger partial charge in [0, 0.05) is 12.3 Å². The molecular formula is C7H13ClO. The van der Waals surface area contributed by atoms with Gasteiger partial charge in [-0.25, -0.2) is 0 Å². The molecule has 1 unspecified atom stereocenters. The van der Waals surface area contributed by atoms with Crippen molar-refractivity contribution in [2.24, 2.45) is 5.92 Å². The van der Waals surface area contributed by atoms with Gasteiger partial charge in [-0.15, -0.1) is 11.6 Å². The minimum Gasteiger partial charge on any atom is -0.303 e. The molecule has 0 fully saturated rings. The molecule has 0 heterocycles. The van der Waals surface area contributed by atoms with Crippen molar-refractivity contribution < 1.29 is 4.79 Å². The molecule has 0 saturated carbocycles. The van der Waals surface area contributed by atoms with Gasteiger partial charge in [-0.3, -0.25) is 0 Å². The number of hydrogen-bond acceptors (Lipinski definition) is 1. The van der Waals surface area contributed by atoms with E-state index in [0.717, 1.165) is 19.1 Å². The van der Waals surface area contributed by atoms with Crippen LogP contribution in [0.15, 0.2) is 0 Å². The summed E-state index contributed by atoms with van der Waals surface area (Å²) in [7, 11) is 0. The van der Waals surface area contributed by atoms with Crippen LogP contribution in [0, 0.1) is 5.92 Å². The summed E-state index contributed by atoms with van der Waals surface area (Å²) < 4.78 is 0. The molecule has 0 spiro atoms. The van der Waals surface area contributed by atoms with Gasteiger partial charge < -0.3 is 4.79 Å². The van der Waals surface area contributed by atoms with Crippen LogP contribution in [0.2, 0.25) is 0 Å². The highest BCUT2D eigenvalue weighted by Crippen LogP contribution is 2.07. The molecule has 2 heteroatoms. The Hall–Kier alpha value is -0.0400. The second-order valence-electron chi connectivity index (χ2n) is 2.36. The fourth-order valence-corrected chi connectivity index (χ4v) is 0.781. The summed E-state index contributed by atoms with van der Waals surface area (Å²) in [4.78, 5) is 9.84. The van der Waals surface area contributed by atoms with E-state index in [4.69, 9.17) is 11.6 Å². The number of carbonyl (C=O) groups excluding carboxylic acids is 1. The van der Waals surface area contributed by atoms with E-state index in [0.29, 0.717) is 18.2 Å². The third-order valence-electron chi connectivity index (χ3n) is 1.28. The average Bonchev–Trinajstić information content (AvgIpc) is 1.89. The predicted molar refractivity (Wildman–Crippen MR) is 39.8 cm³/mol. The molecule has 0 aliphatic carbocycles. The van der Waals surface area contributed by atoms with E-state index in [9.17, 15) is 4.79 Å².